The van der Waals surface area contributed by atoms with Crippen LogP contribution in [0.15, 0.2) is 30.5 Å². The lowest BCUT2D eigenvalue weighted by Crippen LogP contribution is -2.55. The Morgan fingerprint density at radius 1 is 1.31 bits per heavy atom. The number of carbonyl (C=O) groups is 1. The SMILES string of the molecule is Cc1ccc2[nH]ncc2c1-c1ccc2c(c1Cl)OC[C@H]1CN(C(=O)O)CCN1C2. The standard InChI is InChI=1S/C21H21ClN4O3/c1-12-2-5-17-16(8-23-24-17)18(12)15-4-3-13-9-25-6-7-26(21(27)28)10-14(25)11-29-20(13)19(15)22/h2-5,8,14H,6-7,9-11H2,1H3,(H,23,24)(H,27,28)/t14-/m1/s1. The molecule has 150 valence electrons. The van der Waals surface area contributed by atoms with Gasteiger partial charge in [0.2, 0.25) is 0 Å². The minimum Gasteiger partial charge on any atom is -0.490 e. The Morgan fingerprint density at radius 2 is 2.17 bits per heavy atom. The molecule has 2 N–H and O–H groups in total. The fraction of sp³-hybridized carbons (Fsp3) is 0.333. The van der Waals surface area contributed by atoms with Gasteiger partial charge in [-0.3, -0.25) is 10.00 Å². The van der Waals surface area contributed by atoms with Crippen molar-refractivity contribution in [2.24, 2.45) is 0 Å². The predicted molar refractivity (Wildman–Crippen MR) is 111 cm³/mol. The van der Waals surface area contributed by atoms with Crippen LogP contribution in [0, 0.1) is 6.92 Å². The molecule has 29 heavy (non-hydrogen) atoms. The van der Waals surface area contributed by atoms with E-state index in [4.69, 9.17) is 16.3 Å². The lowest BCUT2D eigenvalue weighted by molar-refractivity contribution is 0.0503. The Morgan fingerprint density at radius 3 is 3.00 bits per heavy atom. The second-order valence-corrected chi connectivity index (χ2v) is 8.05. The number of nitrogens with zero attached hydrogens (tertiary/aromatic N) is 3. The molecular formula is C21H21ClN4O3. The van der Waals surface area contributed by atoms with Gasteiger partial charge < -0.3 is 14.7 Å². The number of benzene rings is 2. The number of halogens is 1. The van der Waals surface area contributed by atoms with Crippen molar-refractivity contribution in [3.8, 4) is 16.9 Å². The highest BCUT2D eigenvalue weighted by Crippen LogP contribution is 2.43. The van der Waals surface area contributed by atoms with Gasteiger partial charge in [-0.2, -0.15) is 5.10 Å². The number of hydrogen-bond donors (Lipinski definition) is 2. The maximum absolute atomic E-state index is 11.3. The average Bonchev–Trinajstić information content (AvgIpc) is 3.09. The molecule has 1 fully saturated rings. The van der Waals surface area contributed by atoms with Crippen LogP contribution in [0.5, 0.6) is 5.75 Å². The molecule has 0 saturated carbocycles. The van der Waals surface area contributed by atoms with Crippen molar-refractivity contribution in [3.05, 3.63) is 46.6 Å². The number of rotatable bonds is 1. The summed E-state index contributed by atoms with van der Waals surface area (Å²) in [7, 11) is 0. The van der Waals surface area contributed by atoms with Crippen LogP contribution < -0.4 is 4.74 Å². The normalized spacial score (nSPS) is 19.4. The number of aryl methyl sites for hydroxylation is 1. The highest BCUT2D eigenvalue weighted by molar-refractivity contribution is 6.35. The van der Waals surface area contributed by atoms with Crippen molar-refractivity contribution in [2.45, 2.75) is 19.5 Å². The Labute approximate surface area is 172 Å². The number of amides is 1. The third-order valence-electron chi connectivity index (χ3n) is 5.95. The molecule has 8 heteroatoms. The van der Waals surface area contributed by atoms with Gasteiger partial charge in [0.05, 0.1) is 22.8 Å². The van der Waals surface area contributed by atoms with E-state index in [1.54, 1.807) is 0 Å². The fourth-order valence-electron chi connectivity index (χ4n) is 4.38. The van der Waals surface area contributed by atoms with Crippen molar-refractivity contribution >= 4 is 28.6 Å². The molecule has 0 spiro atoms. The summed E-state index contributed by atoms with van der Waals surface area (Å²) < 4.78 is 6.16. The number of aromatic nitrogens is 2. The fourth-order valence-corrected chi connectivity index (χ4v) is 4.72. The van der Waals surface area contributed by atoms with E-state index < -0.39 is 6.09 Å². The third-order valence-corrected chi connectivity index (χ3v) is 6.32. The van der Waals surface area contributed by atoms with Crippen LogP contribution in [0.4, 0.5) is 4.79 Å². The van der Waals surface area contributed by atoms with Crippen molar-refractivity contribution in [3.63, 3.8) is 0 Å². The molecule has 3 aromatic rings. The van der Waals surface area contributed by atoms with E-state index in [-0.39, 0.29) is 6.04 Å². The van der Waals surface area contributed by atoms with Crippen molar-refractivity contribution < 1.29 is 14.6 Å². The van der Waals surface area contributed by atoms with Gasteiger partial charge >= 0.3 is 6.09 Å². The summed E-state index contributed by atoms with van der Waals surface area (Å²) >= 11 is 6.87. The molecule has 0 bridgehead atoms. The largest absolute Gasteiger partial charge is 0.490 e. The van der Waals surface area contributed by atoms with E-state index in [1.165, 1.54) is 4.90 Å². The Balaban J connectivity index is 1.54. The van der Waals surface area contributed by atoms with E-state index in [0.29, 0.717) is 43.6 Å². The molecule has 2 aromatic carbocycles. The summed E-state index contributed by atoms with van der Waals surface area (Å²) in [4.78, 5) is 15.1. The highest BCUT2D eigenvalue weighted by atomic mass is 35.5. The first-order valence-corrected chi connectivity index (χ1v) is 10.00. The van der Waals surface area contributed by atoms with Crippen LogP contribution in [-0.4, -0.2) is 63.5 Å². The molecule has 1 aromatic heterocycles. The van der Waals surface area contributed by atoms with Gasteiger partial charge in [-0.1, -0.05) is 29.8 Å². The van der Waals surface area contributed by atoms with Gasteiger partial charge in [-0.15, -0.1) is 0 Å². The van der Waals surface area contributed by atoms with Crippen molar-refractivity contribution in [1.29, 1.82) is 0 Å². The lowest BCUT2D eigenvalue weighted by Gasteiger charge is -2.38. The average molecular weight is 413 g/mol. The quantitative estimate of drug-likeness (QED) is 0.636. The molecule has 2 aliphatic rings. The molecule has 3 heterocycles. The maximum atomic E-state index is 11.3. The first-order valence-electron chi connectivity index (χ1n) is 9.62. The molecule has 0 unspecified atom stereocenters. The molecule has 1 saturated heterocycles. The number of nitrogens with one attached hydrogen (secondary N) is 1. The molecule has 1 amide bonds. The van der Waals surface area contributed by atoms with Gasteiger partial charge in [-0.05, 0) is 24.1 Å². The zero-order valence-corrected chi connectivity index (χ0v) is 16.7. The number of carboxylic acid groups (broad SMARTS) is 1. The summed E-state index contributed by atoms with van der Waals surface area (Å²) in [6, 6.07) is 8.21. The van der Waals surface area contributed by atoms with E-state index >= 15 is 0 Å². The first-order chi connectivity index (χ1) is 14.0. The second kappa shape index (κ2) is 6.93. The van der Waals surface area contributed by atoms with Crippen molar-refractivity contribution in [1.82, 2.24) is 20.0 Å². The van der Waals surface area contributed by atoms with Crippen LogP contribution >= 0.6 is 11.6 Å². The van der Waals surface area contributed by atoms with E-state index in [0.717, 1.165) is 33.2 Å². The summed E-state index contributed by atoms with van der Waals surface area (Å²) in [5.41, 5.74) is 5.07. The number of ether oxygens (including phenoxy) is 1. The smallest absolute Gasteiger partial charge is 0.407 e. The number of aromatic amines is 1. The molecule has 1 atom stereocenters. The summed E-state index contributed by atoms with van der Waals surface area (Å²) in [5.74, 6) is 0.695. The first kappa shape index (κ1) is 18.3. The summed E-state index contributed by atoms with van der Waals surface area (Å²) in [5, 5.41) is 18.1. The molecule has 5 rings (SSSR count). The second-order valence-electron chi connectivity index (χ2n) is 7.67. The monoisotopic (exact) mass is 412 g/mol. The topological polar surface area (TPSA) is 81.7 Å². The molecule has 2 aliphatic heterocycles. The van der Waals surface area contributed by atoms with E-state index in [9.17, 15) is 9.90 Å². The summed E-state index contributed by atoms with van der Waals surface area (Å²) in [6.45, 7) is 4.81. The van der Waals surface area contributed by atoms with E-state index in [1.807, 2.05) is 18.3 Å². The van der Waals surface area contributed by atoms with Gasteiger partial charge in [-0.25, -0.2) is 4.79 Å². The summed E-state index contributed by atoms with van der Waals surface area (Å²) in [6.07, 6.45) is 0.941. The number of hydrogen-bond acceptors (Lipinski definition) is 4. The van der Waals surface area contributed by atoms with Gasteiger partial charge in [0, 0.05) is 42.7 Å². The van der Waals surface area contributed by atoms with Crippen LogP contribution in [-0.2, 0) is 6.54 Å². The Kier molecular flexibility index (Phi) is 4.37. The van der Waals surface area contributed by atoms with Crippen LogP contribution in [0.25, 0.3) is 22.0 Å². The highest BCUT2D eigenvalue weighted by Gasteiger charge is 2.33. The Bertz CT molecular complexity index is 1110. The number of piperazine rings is 1. The van der Waals surface area contributed by atoms with Crippen molar-refractivity contribution in [2.75, 3.05) is 26.2 Å². The molecule has 0 radical (unpaired) electrons. The predicted octanol–water partition coefficient (Wildman–Crippen LogP) is 3.75. The minimum absolute atomic E-state index is 0.0193. The number of fused-ring (bicyclic) bond motifs is 3. The van der Waals surface area contributed by atoms with Gasteiger partial charge in [0.15, 0.2) is 0 Å². The lowest BCUT2D eigenvalue weighted by atomic mass is 9.95. The van der Waals surface area contributed by atoms with Gasteiger partial charge in [0.25, 0.3) is 0 Å². The van der Waals surface area contributed by atoms with Crippen LogP contribution in [0.2, 0.25) is 5.02 Å². The zero-order chi connectivity index (χ0) is 20.1. The molecule has 0 aliphatic carbocycles. The molecule has 7 nitrogen and oxygen atoms in total. The van der Waals surface area contributed by atoms with Crippen LogP contribution in [0.1, 0.15) is 11.1 Å². The van der Waals surface area contributed by atoms with E-state index in [2.05, 4.69) is 34.2 Å². The molecular weight excluding hydrogens is 392 g/mol. The number of H-pyrrole nitrogens is 1. The third kappa shape index (κ3) is 3.01. The minimum atomic E-state index is -0.879. The zero-order valence-electron chi connectivity index (χ0n) is 16.0. The van der Waals surface area contributed by atoms with Crippen LogP contribution in [0.3, 0.4) is 0 Å². The Hall–Kier alpha value is -2.77. The van der Waals surface area contributed by atoms with Gasteiger partial charge in [0.1, 0.15) is 12.4 Å². The maximum Gasteiger partial charge on any atom is 0.407 e.